The second kappa shape index (κ2) is 6.39. The first-order chi connectivity index (χ1) is 9.63. The predicted molar refractivity (Wildman–Crippen MR) is 76.6 cm³/mol. The average Bonchev–Trinajstić information content (AvgIpc) is 2.74. The first-order valence-electron chi connectivity index (χ1n) is 6.63. The van der Waals surface area contributed by atoms with Gasteiger partial charge in [0.2, 0.25) is 0 Å². The zero-order chi connectivity index (χ0) is 14.5. The van der Waals surface area contributed by atoms with Gasteiger partial charge in [-0.15, -0.1) is 0 Å². The molecule has 106 valence electrons. The predicted octanol–water partition coefficient (Wildman–Crippen LogP) is 2.52. The monoisotopic (exact) mass is 273 g/mol. The molecule has 0 aliphatic rings. The number of benzene rings is 1. The number of aromatic nitrogens is 1. The number of rotatable bonds is 5. The third-order valence-electron chi connectivity index (χ3n) is 3.37. The second-order valence-corrected chi connectivity index (χ2v) is 4.76. The number of hydrogen-bond acceptors (Lipinski definition) is 3. The maximum absolute atomic E-state index is 12.1. The third-order valence-corrected chi connectivity index (χ3v) is 3.37. The fourth-order valence-corrected chi connectivity index (χ4v) is 2.28. The van der Waals surface area contributed by atoms with E-state index in [4.69, 9.17) is 9.84 Å². The highest BCUT2D eigenvalue weighted by Crippen LogP contribution is 2.19. The summed E-state index contributed by atoms with van der Waals surface area (Å²) in [6.07, 6.45) is 0.542. The van der Waals surface area contributed by atoms with Gasteiger partial charge in [0.1, 0.15) is 12.3 Å². The van der Waals surface area contributed by atoms with E-state index < -0.39 is 0 Å². The van der Waals surface area contributed by atoms with Crippen LogP contribution in [0.5, 0.6) is 0 Å². The first kappa shape index (κ1) is 14.3. The van der Waals surface area contributed by atoms with Crippen molar-refractivity contribution in [2.75, 3.05) is 6.61 Å². The number of nitrogens with one attached hydrogen (secondary N) is 1. The van der Waals surface area contributed by atoms with Gasteiger partial charge in [-0.2, -0.15) is 0 Å². The van der Waals surface area contributed by atoms with Gasteiger partial charge in [-0.3, -0.25) is 0 Å². The minimum atomic E-state index is -0.362. The maximum Gasteiger partial charge on any atom is 0.355 e. The molecule has 0 radical (unpaired) electrons. The van der Waals surface area contributed by atoms with Crippen LogP contribution in [0.25, 0.3) is 0 Å². The van der Waals surface area contributed by atoms with Crippen molar-refractivity contribution in [1.82, 2.24) is 4.98 Å². The van der Waals surface area contributed by atoms with Crippen molar-refractivity contribution in [1.29, 1.82) is 0 Å². The lowest BCUT2D eigenvalue weighted by molar-refractivity contribution is 0.0465. The zero-order valence-corrected chi connectivity index (χ0v) is 11.8. The molecular formula is C16H19NO3. The minimum Gasteiger partial charge on any atom is -0.456 e. The zero-order valence-electron chi connectivity index (χ0n) is 11.8. The molecule has 2 aromatic rings. The number of H-pyrrole nitrogens is 1. The summed E-state index contributed by atoms with van der Waals surface area (Å²) < 4.78 is 5.31. The summed E-state index contributed by atoms with van der Waals surface area (Å²) in [5.74, 6) is -0.362. The summed E-state index contributed by atoms with van der Waals surface area (Å²) in [5.41, 5.74) is 4.18. The number of carbonyl (C=O) groups is 1. The van der Waals surface area contributed by atoms with E-state index in [1.165, 1.54) is 0 Å². The lowest BCUT2D eigenvalue weighted by Gasteiger charge is -2.04. The van der Waals surface area contributed by atoms with Crippen molar-refractivity contribution >= 4 is 5.97 Å². The smallest absolute Gasteiger partial charge is 0.355 e. The van der Waals surface area contributed by atoms with Gasteiger partial charge in [0, 0.05) is 12.3 Å². The lowest BCUT2D eigenvalue weighted by Crippen LogP contribution is -2.07. The summed E-state index contributed by atoms with van der Waals surface area (Å²) >= 11 is 0. The summed E-state index contributed by atoms with van der Waals surface area (Å²) in [6, 6.07) is 9.57. The van der Waals surface area contributed by atoms with Gasteiger partial charge in [0.05, 0.1) is 0 Å². The van der Waals surface area contributed by atoms with Crippen LogP contribution in [0.1, 0.15) is 32.9 Å². The molecule has 0 bridgehead atoms. The molecule has 1 aromatic heterocycles. The molecule has 4 heteroatoms. The van der Waals surface area contributed by atoms with Crippen LogP contribution in [-0.2, 0) is 17.8 Å². The topological polar surface area (TPSA) is 62.3 Å². The molecule has 0 aliphatic heterocycles. The number of aryl methyl sites for hydroxylation is 1. The molecular weight excluding hydrogens is 254 g/mol. The summed E-state index contributed by atoms with van der Waals surface area (Å²) in [6.45, 7) is 4.09. The Kier molecular flexibility index (Phi) is 4.58. The van der Waals surface area contributed by atoms with Crippen LogP contribution >= 0.6 is 0 Å². The molecule has 4 nitrogen and oxygen atoms in total. The number of aromatic amines is 1. The Morgan fingerprint density at radius 1 is 1.25 bits per heavy atom. The molecule has 1 aromatic carbocycles. The standard InChI is InChI=1S/C16H19NO3/c1-11-14(8-9-18)12(2)17-15(11)16(19)20-10-13-6-4-3-5-7-13/h3-7,17-18H,8-10H2,1-2H3. The maximum atomic E-state index is 12.1. The Balaban J connectivity index is 2.08. The lowest BCUT2D eigenvalue weighted by atomic mass is 10.1. The van der Waals surface area contributed by atoms with E-state index in [2.05, 4.69) is 4.98 Å². The van der Waals surface area contributed by atoms with Gasteiger partial charge < -0.3 is 14.8 Å². The summed E-state index contributed by atoms with van der Waals surface area (Å²) in [4.78, 5) is 15.1. The van der Waals surface area contributed by atoms with Gasteiger partial charge in [0.15, 0.2) is 0 Å². The molecule has 2 rings (SSSR count). The van der Waals surface area contributed by atoms with Crippen molar-refractivity contribution in [2.45, 2.75) is 26.9 Å². The van der Waals surface area contributed by atoms with Gasteiger partial charge >= 0.3 is 5.97 Å². The quantitative estimate of drug-likeness (QED) is 0.823. The van der Waals surface area contributed by atoms with Crippen molar-refractivity contribution in [3.05, 3.63) is 58.4 Å². The molecule has 0 unspecified atom stereocenters. The number of aliphatic hydroxyl groups excluding tert-OH is 1. The first-order valence-corrected chi connectivity index (χ1v) is 6.63. The molecule has 20 heavy (non-hydrogen) atoms. The molecule has 2 N–H and O–H groups in total. The van der Waals surface area contributed by atoms with Crippen LogP contribution in [0, 0.1) is 13.8 Å². The van der Waals surface area contributed by atoms with Crippen molar-refractivity contribution in [3.8, 4) is 0 Å². The Morgan fingerprint density at radius 3 is 2.60 bits per heavy atom. The van der Waals surface area contributed by atoms with Gasteiger partial charge in [0.25, 0.3) is 0 Å². The van der Waals surface area contributed by atoms with Crippen molar-refractivity contribution in [3.63, 3.8) is 0 Å². The van der Waals surface area contributed by atoms with Crippen LogP contribution in [0.4, 0.5) is 0 Å². The summed E-state index contributed by atoms with van der Waals surface area (Å²) in [5, 5.41) is 9.04. The van der Waals surface area contributed by atoms with E-state index in [1.807, 2.05) is 44.2 Å². The molecule has 0 aliphatic carbocycles. The Morgan fingerprint density at radius 2 is 1.95 bits per heavy atom. The van der Waals surface area contributed by atoms with Crippen LogP contribution in [0.15, 0.2) is 30.3 Å². The van der Waals surface area contributed by atoms with Crippen LogP contribution in [-0.4, -0.2) is 22.7 Å². The number of carbonyl (C=O) groups excluding carboxylic acids is 1. The van der Waals surface area contributed by atoms with Gasteiger partial charge in [-0.05, 0) is 37.0 Å². The van der Waals surface area contributed by atoms with Crippen molar-refractivity contribution in [2.24, 2.45) is 0 Å². The highest BCUT2D eigenvalue weighted by atomic mass is 16.5. The summed E-state index contributed by atoms with van der Waals surface area (Å²) in [7, 11) is 0. The number of ether oxygens (including phenoxy) is 1. The number of hydrogen-bond donors (Lipinski definition) is 2. The second-order valence-electron chi connectivity index (χ2n) is 4.76. The molecule has 0 saturated carbocycles. The molecule has 0 atom stereocenters. The number of esters is 1. The Bertz CT molecular complexity index is 587. The molecule has 0 amide bonds. The van der Waals surface area contributed by atoms with E-state index in [0.29, 0.717) is 12.1 Å². The molecule has 0 fully saturated rings. The average molecular weight is 273 g/mol. The highest BCUT2D eigenvalue weighted by molar-refractivity contribution is 5.89. The van der Waals surface area contributed by atoms with E-state index in [9.17, 15) is 4.79 Å². The highest BCUT2D eigenvalue weighted by Gasteiger charge is 2.18. The SMILES string of the molecule is Cc1[nH]c(C(=O)OCc2ccccc2)c(C)c1CCO. The van der Waals surface area contributed by atoms with Crippen LogP contribution < -0.4 is 0 Å². The normalized spacial score (nSPS) is 10.6. The molecule has 1 heterocycles. The van der Waals surface area contributed by atoms with E-state index in [1.54, 1.807) is 0 Å². The van der Waals surface area contributed by atoms with E-state index in [-0.39, 0.29) is 19.2 Å². The fraction of sp³-hybridized carbons (Fsp3) is 0.312. The third kappa shape index (κ3) is 3.08. The Hall–Kier alpha value is -2.07. The molecule has 0 spiro atoms. The van der Waals surface area contributed by atoms with Gasteiger partial charge in [-0.1, -0.05) is 30.3 Å². The molecule has 0 saturated heterocycles. The van der Waals surface area contributed by atoms with Crippen LogP contribution in [0.2, 0.25) is 0 Å². The largest absolute Gasteiger partial charge is 0.456 e. The Labute approximate surface area is 118 Å². The fourth-order valence-electron chi connectivity index (χ4n) is 2.28. The number of aliphatic hydroxyl groups is 1. The van der Waals surface area contributed by atoms with Gasteiger partial charge in [-0.25, -0.2) is 4.79 Å². The minimum absolute atomic E-state index is 0.0675. The van der Waals surface area contributed by atoms with E-state index in [0.717, 1.165) is 22.4 Å². The van der Waals surface area contributed by atoms with Crippen molar-refractivity contribution < 1.29 is 14.6 Å². The van der Waals surface area contributed by atoms with E-state index >= 15 is 0 Å². The van der Waals surface area contributed by atoms with Crippen LogP contribution in [0.3, 0.4) is 0 Å².